The molecule has 3 aromatic heterocycles. The molecule has 47 heavy (non-hydrogen) atoms. The molecule has 13 nitrogen and oxygen atoms in total. The Morgan fingerprint density at radius 2 is 1.89 bits per heavy atom. The zero-order chi connectivity index (χ0) is 32.5. The molecule has 0 bridgehead atoms. The van der Waals surface area contributed by atoms with Crippen LogP contribution in [0.15, 0.2) is 70.6 Å². The van der Waals surface area contributed by atoms with Gasteiger partial charge < -0.3 is 24.3 Å². The van der Waals surface area contributed by atoms with Crippen LogP contribution < -0.4 is 10.9 Å². The number of aryl methyl sites for hydroxylation is 1. The Morgan fingerprint density at radius 1 is 1.13 bits per heavy atom. The Labute approximate surface area is 274 Å². The highest BCUT2D eigenvalue weighted by molar-refractivity contribution is 6.31. The number of likely N-dealkylation sites (tertiary alicyclic amines) is 1. The quantitative estimate of drug-likeness (QED) is 0.240. The number of piperidine rings is 1. The van der Waals surface area contributed by atoms with Crippen molar-refractivity contribution in [2.45, 2.75) is 44.2 Å². The Balaban J connectivity index is 0.985. The third kappa shape index (κ3) is 6.65. The molecule has 0 unspecified atom stereocenters. The molecule has 0 aliphatic carbocycles. The minimum Gasteiger partial charge on any atom is -0.444 e. The average Bonchev–Trinajstić information content (AvgIpc) is 3.70. The van der Waals surface area contributed by atoms with E-state index in [1.54, 1.807) is 17.9 Å². The van der Waals surface area contributed by atoms with Gasteiger partial charge in [-0.3, -0.25) is 18.9 Å². The summed E-state index contributed by atoms with van der Waals surface area (Å²) in [6.45, 7) is 3.25. The third-order valence-corrected chi connectivity index (χ3v) is 9.12. The van der Waals surface area contributed by atoms with Gasteiger partial charge >= 0.3 is 6.09 Å². The number of hydrogen-bond donors (Lipinski definition) is 2. The van der Waals surface area contributed by atoms with Gasteiger partial charge in [0.15, 0.2) is 23.8 Å². The van der Waals surface area contributed by atoms with E-state index in [-0.39, 0.29) is 23.7 Å². The van der Waals surface area contributed by atoms with Gasteiger partial charge in [0.1, 0.15) is 5.52 Å². The monoisotopic (exact) mass is 659 g/mol. The topological polar surface area (TPSA) is 150 Å². The molecule has 0 radical (unpaired) electrons. The zero-order valence-corrected chi connectivity index (χ0v) is 26.5. The van der Waals surface area contributed by atoms with E-state index in [1.165, 1.54) is 17.3 Å². The van der Waals surface area contributed by atoms with Crippen LogP contribution in [0.1, 0.15) is 24.0 Å². The summed E-state index contributed by atoms with van der Waals surface area (Å²) in [6.07, 6.45) is 4.85. The van der Waals surface area contributed by atoms with Crippen molar-refractivity contribution in [2.24, 2.45) is 7.05 Å². The lowest BCUT2D eigenvalue weighted by Gasteiger charge is -2.38. The van der Waals surface area contributed by atoms with Crippen LogP contribution in [0.5, 0.6) is 0 Å². The molecule has 5 aromatic rings. The summed E-state index contributed by atoms with van der Waals surface area (Å²) in [4.78, 5) is 36.3. The molecule has 0 spiro atoms. The summed E-state index contributed by atoms with van der Waals surface area (Å²) in [5, 5.41) is 19.4. The van der Waals surface area contributed by atoms with Crippen LogP contribution in [0.3, 0.4) is 0 Å². The fourth-order valence-electron chi connectivity index (χ4n) is 5.99. The van der Waals surface area contributed by atoms with E-state index in [2.05, 4.69) is 25.3 Å². The van der Waals surface area contributed by atoms with Crippen molar-refractivity contribution >= 4 is 28.7 Å². The molecule has 2 aromatic carbocycles. The maximum Gasteiger partial charge on any atom is 0.407 e. The molecule has 0 saturated carbocycles. The van der Waals surface area contributed by atoms with Crippen LogP contribution in [0.4, 0.5) is 4.79 Å². The fraction of sp³-hybridized carbons (Fsp3) is 0.364. The van der Waals surface area contributed by atoms with Crippen LogP contribution in [-0.4, -0.2) is 78.4 Å². The Morgan fingerprint density at radius 3 is 2.57 bits per heavy atom. The van der Waals surface area contributed by atoms with Crippen LogP contribution >= 0.6 is 11.6 Å². The van der Waals surface area contributed by atoms with Gasteiger partial charge in [-0.1, -0.05) is 48.0 Å². The molecule has 2 saturated heterocycles. The molecule has 0 atom stereocenters. The highest BCUT2D eigenvalue weighted by atomic mass is 35.5. The number of benzene rings is 2. The maximum atomic E-state index is 13.5. The Kier molecular flexibility index (Phi) is 8.53. The molecular weight excluding hydrogens is 626 g/mol. The summed E-state index contributed by atoms with van der Waals surface area (Å²) in [6, 6.07) is 13.4. The smallest absolute Gasteiger partial charge is 0.407 e. The molecule has 2 aliphatic rings. The standard InChI is InChI=1S/C33H34ClN7O6/c1-39-30(22-4-2-21(3-5-22)13-36-32(43)47-25-16-45-17-25)28-29(38-39)31(42)41(19-37-28)18-33(44)8-10-40(11-9-33)15-24-7-6-23(12-26(24)34)27-14-35-20-46-27/h2-7,12,14,19-20,25,44H,8-11,13,15-18H2,1H3,(H,36,43). The first-order valence-corrected chi connectivity index (χ1v) is 15.8. The summed E-state index contributed by atoms with van der Waals surface area (Å²) < 4.78 is 18.7. The van der Waals surface area contributed by atoms with Crippen molar-refractivity contribution in [1.82, 2.24) is 34.5 Å². The average molecular weight is 660 g/mol. The number of ether oxygens (including phenoxy) is 2. The lowest BCUT2D eigenvalue weighted by Crippen LogP contribution is -2.47. The van der Waals surface area contributed by atoms with Gasteiger partial charge in [-0.25, -0.2) is 14.8 Å². The number of aliphatic hydroxyl groups is 1. The maximum absolute atomic E-state index is 13.5. The van der Waals surface area contributed by atoms with Crippen LogP contribution in [0, 0.1) is 0 Å². The van der Waals surface area contributed by atoms with Crippen molar-refractivity contribution in [3.63, 3.8) is 0 Å². The Bertz CT molecular complexity index is 1940. The highest BCUT2D eigenvalue weighted by Gasteiger charge is 2.34. The van der Waals surface area contributed by atoms with Crippen molar-refractivity contribution in [2.75, 3.05) is 26.3 Å². The van der Waals surface area contributed by atoms with E-state index in [4.69, 9.17) is 25.5 Å². The number of halogens is 1. The second kappa shape index (κ2) is 12.9. The highest BCUT2D eigenvalue weighted by Crippen LogP contribution is 2.30. The van der Waals surface area contributed by atoms with Gasteiger partial charge in [0, 0.05) is 49.4 Å². The molecular formula is C33H34ClN7O6. The second-order valence-corrected chi connectivity index (χ2v) is 12.5. The minimum atomic E-state index is -1.06. The van der Waals surface area contributed by atoms with Gasteiger partial charge in [-0.15, -0.1) is 0 Å². The van der Waals surface area contributed by atoms with Crippen molar-refractivity contribution < 1.29 is 23.8 Å². The third-order valence-electron chi connectivity index (χ3n) is 8.77. The van der Waals surface area contributed by atoms with Gasteiger partial charge in [0.05, 0.1) is 43.6 Å². The first kappa shape index (κ1) is 31.1. The van der Waals surface area contributed by atoms with E-state index in [0.29, 0.717) is 74.2 Å². The summed E-state index contributed by atoms with van der Waals surface area (Å²) in [5.74, 6) is 0.658. The first-order chi connectivity index (χ1) is 22.7. The van der Waals surface area contributed by atoms with Crippen molar-refractivity contribution in [3.05, 3.63) is 87.9 Å². The molecule has 2 N–H and O–H groups in total. The Hall–Kier alpha value is -4.56. The number of oxazole rings is 1. The zero-order valence-electron chi connectivity index (χ0n) is 25.8. The van der Waals surface area contributed by atoms with E-state index < -0.39 is 11.7 Å². The molecule has 7 rings (SSSR count). The number of fused-ring (bicyclic) bond motifs is 1. The summed E-state index contributed by atoms with van der Waals surface area (Å²) >= 11 is 6.58. The van der Waals surface area contributed by atoms with Crippen molar-refractivity contribution in [3.8, 4) is 22.6 Å². The number of rotatable bonds is 9. The molecule has 14 heteroatoms. The van der Waals surface area contributed by atoms with Gasteiger partial charge in [0.25, 0.3) is 5.56 Å². The first-order valence-electron chi connectivity index (χ1n) is 15.4. The second-order valence-electron chi connectivity index (χ2n) is 12.1. The fourth-order valence-corrected chi connectivity index (χ4v) is 6.23. The number of alkyl carbamates (subject to hydrolysis) is 1. The van der Waals surface area contributed by atoms with Crippen molar-refractivity contribution in [1.29, 1.82) is 0 Å². The molecule has 2 fully saturated rings. The predicted octanol–water partition coefficient (Wildman–Crippen LogP) is 3.76. The van der Waals surface area contributed by atoms with Crippen LogP contribution in [-0.2, 0) is 36.2 Å². The number of nitrogens with one attached hydrogen (secondary N) is 1. The SMILES string of the molecule is Cn1nc2c(=O)n(CC3(O)CCN(Cc4ccc(-c5cnco5)cc4Cl)CC3)cnc2c1-c1ccc(CNC(=O)OC2COC2)cc1. The van der Waals surface area contributed by atoms with Gasteiger partial charge in [0.2, 0.25) is 0 Å². The number of aromatic nitrogens is 5. The lowest BCUT2D eigenvalue weighted by atomic mass is 9.91. The minimum absolute atomic E-state index is 0.124. The van der Waals surface area contributed by atoms with Gasteiger partial charge in [-0.05, 0) is 30.0 Å². The van der Waals surface area contributed by atoms with E-state index in [9.17, 15) is 14.7 Å². The van der Waals surface area contributed by atoms with E-state index >= 15 is 0 Å². The number of carbonyl (C=O) groups excluding carboxylic acids is 1. The van der Waals surface area contributed by atoms with Gasteiger partial charge in [-0.2, -0.15) is 5.10 Å². The lowest BCUT2D eigenvalue weighted by molar-refractivity contribution is -0.0980. The normalized spacial score (nSPS) is 16.7. The largest absolute Gasteiger partial charge is 0.444 e. The molecule has 5 heterocycles. The number of amides is 1. The number of nitrogens with zero attached hydrogens (tertiary/aromatic N) is 6. The van der Waals surface area contributed by atoms with E-state index in [1.807, 2.05) is 42.5 Å². The molecule has 1 amide bonds. The molecule has 2 aliphatic heterocycles. The summed E-state index contributed by atoms with van der Waals surface area (Å²) in [7, 11) is 1.77. The van der Waals surface area contributed by atoms with Crippen LogP contribution in [0.2, 0.25) is 5.02 Å². The number of hydrogen-bond acceptors (Lipinski definition) is 10. The van der Waals surface area contributed by atoms with Crippen LogP contribution in [0.25, 0.3) is 33.6 Å². The summed E-state index contributed by atoms with van der Waals surface area (Å²) in [5.41, 5.74) is 3.63. The number of carbonyl (C=O) groups is 1. The predicted molar refractivity (Wildman–Crippen MR) is 173 cm³/mol. The van der Waals surface area contributed by atoms with E-state index in [0.717, 1.165) is 22.3 Å². The molecule has 244 valence electrons.